The molecule has 1 aliphatic rings. The van der Waals surface area contributed by atoms with E-state index >= 15 is 0 Å². The third-order valence-corrected chi connectivity index (χ3v) is 4.35. The van der Waals surface area contributed by atoms with Crippen molar-refractivity contribution in [2.75, 3.05) is 39.9 Å². The lowest BCUT2D eigenvalue weighted by Crippen LogP contribution is -2.53. The predicted octanol–water partition coefficient (Wildman–Crippen LogP) is 1.55. The van der Waals surface area contributed by atoms with Gasteiger partial charge in [-0.15, -0.1) is 0 Å². The van der Waals surface area contributed by atoms with Gasteiger partial charge in [-0.3, -0.25) is 9.89 Å². The maximum atomic E-state index is 5.46. The molecule has 0 aromatic rings. The minimum absolute atomic E-state index is 0.414. The van der Waals surface area contributed by atoms with Crippen LogP contribution in [0.1, 0.15) is 34.6 Å². The van der Waals surface area contributed by atoms with Crippen molar-refractivity contribution in [3.63, 3.8) is 0 Å². The number of hydrogen-bond donors (Lipinski definition) is 2. The van der Waals surface area contributed by atoms with E-state index in [0.717, 1.165) is 38.8 Å². The molecule has 1 heterocycles. The molecule has 2 N–H and O–H groups in total. The summed E-state index contributed by atoms with van der Waals surface area (Å²) in [5.74, 6) is 2.09. The van der Waals surface area contributed by atoms with Crippen LogP contribution in [-0.2, 0) is 4.74 Å². The number of aliphatic imine (C=N–C) groups is 1. The van der Waals surface area contributed by atoms with Gasteiger partial charge in [-0.25, -0.2) is 0 Å². The molecule has 1 rings (SSSR count). The van der Waals surface area contributed by atoms with Crippen LogP contribution in [-0.4, -0.2) is 62.8 Å². The Morgan fingerprint density at radius 1 is 1.10 bits per heavy atom. The van der Waals surface area contributed by atoms with Gasteiger partial charge in [-0.1, -0.05) is 27.7 Å². The van der Waals surface area contributed by atoms with Gasteiger partial charge in [0.05, 0.1) is 13.2 Å². The van der Waals surface area contributed by atoms with Gasteiger partial charge in [-0.05, 0) is 18.8 Å². The number of nitrogens with zero attached hydrogens (tertiary/aromatic N) is 2. The summed E-state index contributed by atoms with van der Waals surface area (Å²) < 4.78 is 5.46. The van der Waals surface area contributed by atoms with E-state index in [2.05, 4.69) is 55.1 Å². The lowest BCUT2D eigenvalue weighted by atomic mass is 10.0. The number of guanidine groups is 1. The molecule has 5 nitrogen and oxygen atoms in total. The van der Waals surface area contributed by atoms with Crippen LogP contribution in [0.15, 0.2) is 4.99 Å². The highest BCUT2D eigenvalue weighted by molar-refractivity contribution is 5.79. The summed E-state index contributed by atoms with van der Waals surface area (Å²) in [6.45, 7) is 15.9. The number of hydrogen-bond acceptors (Lipinski definition) is 3. The number of ether oxygens (including phenoxy) is 1. The lowest BCUT2D eigenvalue weighted by Gasteiger charge is -2.37. The van der Waals surface area contributed by atoms with Crippen molar-refractivity contribution >= 4 is 5.96 Å². The van der Waals surface area contributed by atoms with Gasteiger partial charge in [-0.2, -0.15) is 0 Å². The molecule has 0 radical (unpaired) electrons. The Morgan fingerprint density at radius 3 is 2.19 bits per heavy atom. The van der Waals surface area contributed by atoms with Gasteiger partial charge in [0.15, 0.2) is 5.96 Å². The SMILES string of the molecule is CN=C(NCC(C(C)C)N1CCOCC1)NC(C)C(C)C. The monoisotopic (exact) mass is 298 g/mol. The highest BCUT2D eigenvalue weighted by Gasteiger charge is 2.24. The molecule has 1 saturated heterocycles. The number of morpholine rings is 1. The molecular weight excluding hydrogens is 264 g/mol. The van der Waals surface area contributed by atoms with Crippen molar-refractivity contribution in [1.82, 2.24) is 15.5 Å². The van der Waals surface area contributed by atoms with Crippen LogP contribution in [0.3, 0.4) is 0 Å². The summed E-state index contributed by atoms with van der Waals surface area (Å²) >= 11 is 0. The molecule has 0 bridgehead atoms. The Hall–Kier alpha value is -0.810. The lowest BCUT2D eigenvalue weighted by molar-refractivity contribution is 0.00751. The van der Waals surface area contributed by atoms with E-state index < -0.39 is 0 Å². The van der Waals surface area contributed by atoms with Crippen LogP contribution in [0.4, 0.5) is 0 Å². The zero-order valence-electron chi connectivity index (χ0n) is 14.6. The van der Waals surface area contributed by atoms with Gasteiger partial charge in [0.1, 0.15) is 0 Å². The molecular formula is C16H34N4O. The van der Waals surface area contributed by atoms with Gasteiger partial charge < -0.3 is 15.4 Å². The molecule has 2 unspecified atom stereocenters. The van der Waals surface area contributed by atoms with Crippen molar-refractivity contribution in [3.8, 4) is 0 Å². The molecule has 0 aromatic heterocycles. The minimum atomic E-state index is 0.414. The van der Waals surface area contributed by atoms with E-state index in [1.165, 1.54) is 0 Å². The first-order valence-corrected chi connectivity index (χ1v) is 8.24. The smallest absolute Gasteiger partial charge is 0.191 e. The normalized spacial score (nSPS) is 20.7. The summed E-state index contributed by atoms with van der Waals surface area (Å²) in [6.07, 6.45) is 0. The number of nitrogens with one attached hydrogen (secondary N) is 2. The minimum Gasteiger partial charge on any atom is -0.379 e. The topological polar surface area (TPSA) is 48.9 Å². The van der Waals surface area contributed by atoms with Crippen molar-refractivity contribution in [3.05, 3.63) is 0 Å². The van der Waals surface area contributed by atoms with Crippen molar-refractivity contribution in [2.45, 2.75) is 46.7 Å². The van der Waals surface area contributed by atoms with Crippen LogP contribution < -0.4 is 10.6 Å². The zero-order chi connectivity index (χ0) is 15.8. The van der Waals surface area contributed by atoms with Crippen molar-refractivity contribution in [1.29, 1.82) is 0 Å². The summed E-state index contributed by atoms with van der Waals surface area (Å²) in [5.41, 5.74) is 0. The maximum absolute atomic E-state index is 5.46. The summed E-state index contributed by atoms with van der Waals surface area (Å²) in [4.78, 5) is 6.87. The Kier molecular flexibility index (Phi) is 8.04. The second-order valence-electron chi connectivity index (χ2n) is 6.59. The van der Waals surface area contributed by atoms with Gasteiger partial charge >= 0.3 is 0 Å². The van der Waals surface area contributed by atoms with Gasteiger partial charge in [0.25, 0.3) is 0 Å². The Morgan fingerprint density at radius 2 is 1.71 bits per heavy atom. The summed E-state index contributed by atoms with van der Waals surface area (Å²) in [5, 5.41) is 6.95. The van der Waals surface area contributed by atoms with E-state index in [0.29, 0.717) is 23.9 Å². The molecule has 2 atom stereocenters. The zero-order valence-corrected chi connectivity index (χ0v) is 14.6. The van der Waals surface area contributed by atoms with Gasteiger partial charge in [0, 0.05) is 38.8 Å². The summed E-state index contributed by atoms with van der Waals surface area (Å²) in [7, 11) is 1.83. The quantitative estimate of drug-likeness (QED) is 0.577. The molecule has 5 heteroatoms. The van der Waals surface area contributed by atoms with Crippen LogP contribution in [0.5, 0.6) is 0 Å². The largest absolute Gasteiger partial charge is 0.379 e. The molecule has 1 aliphatic heterocycles. The van der Waals surface area contributed by atoms with Crippen LogP contribution in [0, 0.1) is 11.8 Å². The van der Waals surface area contributed by atoms with Crippen molar-refractivity contribution < 1.29 is 4.74 Å². The van der Waals surface area contributed by atoms with E-state index in [-0.39, 0.29) is 0 Å². The third-order valence-electron chi connectivity index (χ3n) is 4.35. The fourth-order valence-corrected chi connectivity index (χ4v) is 2.47. The average molecular weight is 298 g/mol. The highest BCUT2D eigenvalue weighted by Crippen LogP contribution is 2.12. The molecule has 21 heavy (non-hydrogen) atoms. The highest BCUT2D eigenvalue weighted by atomic mass is 16.5. The van der Waals surface area contributed by atoms with Crippen molar-refractivity contribution in [2.24, 2.45) is 16.8 Å². The first-order chi connectivity index (χ1) is 9.95. The molecule has 0 amide bonds. The van der Waals surface area contributed by atoms with Crippen LogP contribution in [0.25, 0.3) is 0 Å². The standard InChI is InChI=1S/C16H34N4O/c1-12(2)14(5)19-16(17-6)18-11-15(13(3)4)20-7-9-21-10-8-20/h12-15H,7-11H2,1-6H3,(H2,17,18,19). The van der Waals surface area contributed by atoms with E-state index in [1.54, 1.807) is 0 Å². The maximum Gasteiger partial charge on any atom is 0.191 e. The summed E-state index contributed by atoms with van der Waals surface area (Å²) in [6, 6.07) is 0.930. The molecule has 0 aliphatic carbocycles. The fraction of sp³-hybridized carbons (Fsp3) is 0.938. The average Bonchev–Trinajstić information content (AvgIpc) is 2.46. The first-order valence-electron chi connectivity index (χ1n) is 8.24. The van der Waals surface area contributed by atoms with E-state index in [9.17, 15) is 0 Å². The molecule has 0 saturated carbocycles. The van der Waals surface area contributed by atoms with E-state index in [1.807, 2.05) is 7.05 Å². The fourth-order valence-electron chi connectivity index (χ4n) is 2.47. The second kappa shape index (κ2) is 9.26. The Bertz CT molecular complexity index is 311. The predicted molar refractivity (Wildman–Crippen MR) is 89.8 cm³/mol. The van der Waals surface area contributed by atoms with Crippen LogP contribution >= 0.6 is 0 Å². The molecule has 1 fully saturated rings. The first kappa shape index (κ1) is 18.2. The Balaban J connectivity index is 2.51. The Labute approximate surface area is 130 Å². The second-order valence-corrected chi connectivity index (χ2v) is 6.59. The number of rotatable bonds is 6. The molecule has 0 spiro atoms. The van der Waals surface area contributed by atoms with Gasteiger partial charge in [0.2, 0.25) is 0 Å². The molecule has 0 aromatic carbocycles. The van der Waals surface area contributed by atoms with E-state index in [4.69, 9.17) is 4.74 Å². The molecule has 124 valence electrons. The third kappa shape index (κ3) is 6.22. The van der Waals surface area contributed by atoms with Crippen LogP contribution in [0.2, 0.25) is 0 Å².